The van der Waals surface area contributed by atoms with E-state index in [1.54, 1.807) is 18.2 Å². The summed E-state index contributed by atoms with van der Waals surface area (Å²) in [5.41, 5.74) is 0.0346. The lowest BCUT2D eigenvalue weighted by molar-refractivity contribution is 0.0727. The monoisotopic (exact) mass is 287 g/mol. The maximum atomic E-state index is 12.2. The molecule has 3 nitrogen and oxygen atoms in total. The van der Waals surface area contributed by atoms with Crippen molar-refractivity contribution in [2.75, 3.05) is 6.61 Å². The molecule has 0 spiro atoms. The van der Waals surface area contributed by atoms with E-state index in [0.717, 1.165) is 6.42 Å². The van der Waals surface area contributed by atoms with Crippen LogP contribution in [0.1, 0.15) is 30.6 Å². The third-order valence-electron chi connectivity index (χ3n) is 3.46. The molecule has 2 atom stereocenters. The van der Waals surface area contributed by atoms with E-state index in [-0.39, 0.29) is 17.6 Å². The molecule has 98 valence electrons. The lowest BCUT2D eigenvalue weighted by atomic mass is 9.94. The quantitative estimate of drug-likeness (QED) is 0.906. The van der Waals surface area contributed by atoms with Crippen molar-refractivity contribution in [3.63, 3.8) is 0 Å². The summed E-state index contributed by atoms with van der Waals surface area (Å²) < 4.78 is 5.49. The first kappa shape index (κ1) is 13.7. The van der Waals surface area contributed by atoms with Gasteiger partial charge in [0.2, 0.25) is 0 Å². The van der Waals surface area contributed by atoms with Crippen molar-refractivity contribution in [3.05, 3.63) is 33.8 Å². The lowest BCUT2D eigenvalue weighted by Gasteiger charge is -2.29. The number of ether oxygens (including phenoxy) is 1. The molecule has 1 aliphatic rings. The molecule has 0 bridgehead atoms. The standard InChI is InChI=1S/C13H15Cl2NO2/c1-8-13(2,5-6-18-8)16-12(17)10-7-9(14)3-4-11(10)15/h3-4,7-8H,5-6H2,1-2H3,(H,16,17)/t8-,13-/m1/s1. The molecule has 0 saturated carbocycles. The van der Waals surface area contributed by atoms with Gasteiger partial charge in [-0.15, -0.1) is 0 Å². The Balaban J connectivity index is 2.19. The second-order valence-corrected chi connectivity index (χ2v) is 5.60. The molecule has 5 heteroatoms. The topological polar surface area (TPSA) is 38.3 Å². The number of rotatable bonds is 2. The SMILES string of the molecule is C[C@H]1OCC[C@@]1(C)NC(=O)c1cc(Cl)ccc1Cl. The predicted molar refractivity (Wildman–Crippen MR) is 72.4 cm³/mol. The van der Waals surface area contributed by atoms with E-state index in [0.29, 0.717) is 22.2 Å². The summed E-state index contributed by atoms with van der Waals surface area (Å²) in [6.45, 7) is 4.58. The number of amides is 1. The fourth-order valence-corrected chi connectivity index (χ4v) is 2.37. The molecular weight excluding hydrogens is 273 g/mol. The average Bonchev–Trinajstić information content (AvgIpc) is 2.62. The number of carbonyl (C=O) groups is 1. The summed E-state index contributed by atoms with van der Waals surface area (Å²) in [6, 6.07) is 4.85. The highest BCUT2D eigenvalue weighted by atomic mass is 35.5. The predicted octanol–water partition coefficient (Wildman–Crippen LogP) is 3.29. The van der Waals surface area contributed by atoms with Crippen LogP contribution in [0.3, 0.4) is 0 Å². The van der Waals surface area contributed by atoms with Crippen LogP contribution in [0.4, 0.5) is 0 Å². The van der Waals surface area contributed by atoms with Gasteiger partial charge in [0.1, 0.15) is 0 Å². The smallest absolute Gasteiger partial charge is 0.253 e. The molecule has 1 aliphatic heterocycles. The van der Waals surface area contributed by atoms with Crippen molar-refractivity contribution < 1.29 is 9.53 Å². The number of hydrogen-bond acceptors (Lipinski definition) is 2. The number of carbonyl (C=O) groups excluding carboxylic acids is 1. The number of halogens is 2. The fourth-order valence-electron chi connectivity index (χ4n) is 2.00. The van der Waals surface area contributed by atoms with Crippen molar-refractivity contribution in [3.8, 4) is 0 Å². The molecule has 1 fully saturated rings. The molecule has 1 aromatic carbocycles. The summed E-state index contributed by atoms with van der Waals surface area (Å²) in [7, 11) is 0. The molecule has 0 radical (unpaired) electrons. The Hall–Kier alpha value is -0.770. The van der Waals surface area contributed by atoms with Crippen LogP contribution in [0, 0.1) is 0 Å². The van der Waals surface area contributed by atoms with Gasteiger partial charge in [0.05, 0.1) is 22.2 Å². The van der Waals surface area contributed by atoms with E-state index in [4.69, 9.17) is 27.9 Å². The Morgan fingerprint density at radius 2 is 2.22 bits per heavy atom. The van der Waals surface area contributed by atoms with Gasteiger partial charge in [0.25, 0.3) is 5.91 Å². The second kappa shape index (κ2) is 5.08. The molecule has 1 aromatic rings. The molecule has 0 aliphatic carbocycles. The zero-order valence-corrected chi connectivity index (χ0v) is 11.8. The van der Waals surface area contributed by atoms with Gasteiger partial charge in [-0.25, -0.2) is 0 Å². The maximum Gasteiger partial charge on any atom is 0.253 e. The molecule has 18 heavy (non-hydrogen) atoms. The minimum Gasteiger partial charge on any atom is -0.376 e. The molecule has 1 saturated heterocycles. The Morgan fingerprint density at radius 1 is 1.50 bits per heavy atom. The Labute approximate surface area is 116 Å². The van der Waals surface area contributed by atoms with Crippen LogP contribution in [-0.2, 0) is 4.74 Å². The van der Waals surface area contributed by atoms with Crippen LogP contribution in [-0.4, -0.2) is 24.2 Å². The van der Waals surface area contributed by atoms with Crippen molar-refractivity contribution in [2.24, 2.45) is 0 Å². The van der Waals surface area contributed by atoms with Gasteiger partial charge in [-0.2, -0.15) is 0 Å². The van der Waals surface area contributed by atoms with Gasteiger partial charge in [0.15, 0.2) is 0 Å². The molecule has 1 heterocycles. The molecule has 1 N–H and O–H groups in total. The van der Waals surface area contributed by atoms with Crippen LogP contribution >= 0.6 is 23.2 Å². The lowest BCUT2D eigenvalue weighted by Crippen LogP contribution is -2.50. The molecule has 0 unspecified atom stereocenters. The van der Waals surface area contributed by atoms with E-state index in [1.807, 2.05) is 13.8 Å². The van der Waals surface area contributed by atoms with Gasteiger partial charge in [0, 0.05) is 11.6 Å². The van der Waals surface area contributed by atoms with Crippen LogP contribution in [0.15, 0.2) is 18.2 Å². The van der Waals surface area contributed by atoms with Gasteiger partial charge in [-0.05, 0) is 38.5 Å². The minimum atomic E-state index is -0.358. The first-order chi connectivity index (χ1) is 8.42. The summed E-state index contributed by atoms with van der Waals surface area (Å²) in [5, 5.41) is 3.87. The first-order valence-electron chi connectivity index (χ1n) is 5.81. The first-order valence-corrected chi connectivity index (χ1v) is 6.57. The van der Waals surface area contributed by atoms with Gasteiger partial charge >= 0.3 is 0 Å². The summed E-state index contributed by atoms with van der Waals surface area (Å²) in [4.78, 5) is 12.2. The Morgan fingerprint density at radius 3 is 2.83 bits per heavy atom. The van der Waals surface area contributed by atoms with E-state index in [2.05, 4.69) is 5.32 Å². The largest absolute Gasteiger partial charge is 0.376 e. The van der Waals surface area contributed by atoms with E-state index in [9.17, 15) is 4.79 Å². The number of hydrogen-bond donors (Lipinski definition) is 1. The van der Waals surface area contributed by atoms with Crippen LogP contribution in [0.2, 0.25) is 10.0 Å². The molecular formula is C13H15Cl2NO2. The van der Waals surface area contributed by atoms with E-state index in [1.165, 1.54) is 0 Å². The normalized spacial score (nSPS) is 27.2. The molecule has 1 amide bonds. The van der Waals surface area contributed by atoms with E-state index < -0.39 is 0 Å². The molecule has 0 aromatic heterocycles. The minimum absolute atomic E-state index is 0.0144. The summed E-state index contributed by atoms with van der Waals surface area (Å²) in [5.74, 6) is -0.220. The highest BCUT2D eigenvalue weighted by Crippen LogP contribution is 2.27. The van der Waals surface area contributed by atoms with Crippen molar-refractivity contribution in [2.45, 2.75) is 31.9 Å². The Bertz CT molecular complexity index is 478. The fraction of sp³-hybridized carbons (Fsp3) is 0.462. The second-order valence-electron chi connectivity index (χ2n) is 4.76. The number of benzene rings is 1. The van der Waals surface area contributed by atoms with Gasteiger partial charge in [-0.1, -0.05) is 23.2 Å². The maximum absolute atomic E-state index is 12.2. The average molecular weight is 288 g/mol. The van der Waals surface area contributed by atoms with Gasteiger partial charge < -0.3 is 10.1 Å². The zero-order chi connectivity index (χ0) is 13.3. The highest BCUT2D eigenvalue weighted by molar-refractivity contribution is 6.35. The van der Waals surface area contributed by atoms with E-state index >= 15 is 0 Å². The zero-order valence-electron chi connectivity index (χ0n) is 10.3. The molecule has 2 rings (SSSR count). The Kier molecular flexibility index (Phi) is 3.85. The van der Waals surface area contributed by atoms with Gasteiger partial charge in [-0.3, -0.25) is 4.79 Å². The summed E-state index contributed by atoms with van der Waals surface area (Å²) >= 11 is 11.9. The summed E-state index contributed by atoms with van der Waals surface area (Å²) in [6.07, 6.45) is 0.775. The van der Waals surface area contributed by atoms with Crippen molar-refractivity contribution >= 4 is 29.1 Å². The van der Waals surface area contributed by atoms with Crippen molar-refractivity contribution in [1.29, 1.82) is 0 Å². The van der Waals surface area contributed by atoms with Crippen LogP contribution < -0.4 is 5.32 Å². The number of nitrogens with one attached hydrogen (secondary N) is 1. The third-order valence-corrected chi connectivity index (χ3v) is 4.02. The van der Waals surface area contributed by atoms with Crippen LogP contribution in [0.25, 0.3) is 0 Å². The highest BCUT2D eigenvalue weighted by Gasteiger charge is 2.38. The van der Waals surface area contributed by atoms with Crippen molar-refractivity contribution in [1.82, 2.24) is 5.32 Å². The third kappa shape index (κ3) is 2.63. The van der Waals surface area contributed by atoms with Crippen LogP contribution in [0.5, 0.6) is 0 Å².